The number of carbonyl (C=O) groups excluding carboxylic acids is 1. The van der Waals surface area contributed by atoms with Gasteiger partial charge in [-0.3, -0.25) is 14.9 Å². The Morgan fingerprint density at radius 1 is 1.19 bits per heavy atom. The topological polar surface area (TPSA) is 69.4 Å². The van der Waals surface area contributed by atoms with Crippen LogP contribution in [0.4, 0.5) is 5.69 Å². The Bertz CT molecular complexity index is 703. The molecule has 0 unspecified atom stereocenters. The average Bonchev–Trinajstić information content (AvgIpc) is 2.47. The minimum absolute atomic E-state index is 0.0953. The van der Waals surface area contributed by atoms with E-state index in [1.54, 1.807) is 18.2 Å². The van der Waals surface area contributed by atoms with E-state index in [1.807, 2.05) is 0 Å². The number of halogens is 2. The second-order valence-electron chi connectivity index (χ2n) is 4.12. The van der Waals surface area contributed by atoms with Crippen LogP contribution in [0, 0.1) is 10.1 Å². The molecule has 0 atom stereocenters. The van der Waals surface area contributed by atoms with Crippen LogP contribution in [-0.4, -0.2) is 11.2 Å². The van der Waals surface area contributed by atoms with Crippen molar-refractivity contribution in [2.24, 2.45) is 0 Å². The van der Waals surface area contributed by atoms with Crippen LogP contribution in [0.15, 0.2) is 36.4 Å². The predicted octanol–water partition coefficient (Wildman–Crippen LogP) is 4.29. The summed E-state index contributed by atoms with van der Waals surface area (Å²) >= 11 is 11.9. The maximum atomic E-state index is 11.0. The zero-order chi connectivity index (χ0) is 15.4. The molecule has 0 saturated heterocycles. The molecule has 0 bridgehead atoms. The molecular formula is C14H9Cl2NO4. The van der Waals surface area contributed by atoms with Crippen molar-refractivity contribution in [3.05, 3.63) is 67.7 Å². The highest BCUT2D eigenvalue weighted by atomic mass is 35.5. The normalized spacial score (nSPS) is 10.2. The van der Waals surface area contributed by atoms with Gasteiger partial charge in [0, 0.05) is 27.7 Å². The third-order valence-electron chi connectivity index (χ3n) is 2.72. The minimum atomic E-state index is -0.579. The van der Waals surface area contributed by atoms with Crippen LogP contribution in [0.2, 0.25) is 10.0 Å². The molecule has 0 saturated carbocycles. The van der Waals surface area contributed by atoms with Gasteiger partial charge < -0.3 is 4.74 Å². The van der Waals surface area contributed by atoms with Gasteiger partial charge in [0.1, 0.15) is 12.4 Å². The highest BCUT2D eigenvalue weighted by Crippen LogP contribution is 2.26. The lowest BCUT2D eigenvalue weighted by Gasteiger charge is -2.10. The highest BCUT2D eigenvalue weighted by molar-refractivity contribution is 6.33. The molecule has 5 nitrogen and oxygen atoms in total. The number of aldehydes is 1. The summed E-state index contributed by atoms with van der Waals surface area (Å²) in [4.78, 5) is 21.1. The van der Waals surface area contributed by atoms with Crippen molar-refractivity contribution in [3.63, 3.8) is 0 Å². The monoisotopic (exact) mass is 325 g/mol. The number of rotatable bonds is 5. The zero-order valence-corrected chi connectivity index (χ0v) is 12.1. The van der Waals surface area contributed by atoms with Crippen LogP contribution < -0.4 is 4.74 Å². The lowest BCUT2D eigenvalue weighted by Crippen LogP contribution is -2.00. The van der Waals surface area contributed by atoms with Crippen molar-refractivity contribution >= 4 is 35.2 Å². The summed E-state index contributed by atoms with van der Waals surface area (Å²) in [5.41, 5.74) is 0.576. The molecule has 108 valence electrons. The third-order valence-corrected chi connectivity index (χ3v) is 3.33. The fourth-order valence-electron chi connectivity index (χ4n) is 1.68. The molecule has 0 aliphatic carbocycles. The predicted molar refractivity (Wildman–Crippen MR) is 79.3 cm³/mol. The van der Waals surface area contributed by atoms with Gasteiger partial charge in [-0.1, -0.05) is 23.2 Å². The van der Waals surface area contributed by atoms with Gasteiger partial charge in [0.25, 0.3) is 5.69 Å². The van der Waals surface area contributed by atoms with E-state index in [0.29, 0.717) is 21.9 Å². The first-order valence-electron chi connectivity index (χ1n) is 5.81. The van der Waals surface area contributed by atoms with Gasteiger partial charge in [0.15, 0.2) is 6.29 Å². The van der Waals surface area contributed by atoms with E-state index in [4.69, 9.17) is 27.9 Å². The molecule has 7 heteroatoms. The van der Waals surface area contributed by atoms with Crippen molar-refractivity contribution in [3.8, 4) is 5.75 Å². The molecule has 2 aromatic rings. The number of non-ortho nitro benzene ring substituents is 1. The Morgan fingerprint density at radius 2 is 1.95 bits per heavy atom. The summed E-state index contributed by atoms with van der Waals surface area (Å²) in [6.45, 7) is 0.0953. The molecule has 0 radical (unpaired) electrons. The summed E-state index contributed by atoms with van der Waals surface area (Å²) in [6.07, 6.45) is 0.502. The van der Waals surface area contributed by atoms with E-state index in [2.05, 4.69) is 0 Å². The Kier molecular flexibility index (Phi) is 4.77. The Labute approximate surface area is 130 Å². The number of carbonyl (C=O) groups is 1. The molecule has 0 aliphatic rings. The fraction of sp³-hybridized carbons (Fsp3) is 0.0714. The largest absolute Gasteiger partial charge is 0.488 e. The van der Waals surface area contributed by atoms with Crippen molar-refractivity contribution in [2.45, 2.75) is 6.61 Å². The number of hydrogen-bond donors (Lipinski definition) is 0. The first-order chi connectivity index (χ1) is 10.0. The van der Waals surface area contributed by atoms with Gasteiger partial charge in [-0.15, -0.1) is 0 Å². The van der Waals surface area contributed by atoms with Crippen LogP contribution in [0.5, 0.6) is 5.75 Å². The number of benzene rings is 2. The zero-order valence-electron chi connectivity index (χ0n) is 10.6. The minimum Gasteiger partial charge on any atom is -0.488 e. The Morgan fingerprint density at radius 3 is 2.62 bits per heavy atom. The fourth-order valence-corrected chi connectivity index (χ4v) is 2.05. The van der Waals surface area contributed by atoms with Crippen molar-refractivity contribution in [1.82, 2.24) is 0 Å². The van der Waals surface area contributed by atoms with E-state index in [0.717, 1.165) is 6.07 Å². The van der Waals surface area contributed by atoms with Crippen LogP contribution in [0.1, 0.15) is 15.9 Å². The van der Waals surface area contributed by atoms with Gasteiger partial charge in [-0.2, -0.15) is 0 Å². The molecule has 21 heavy (non-hydrogen) atoms. The van der Waals surface area contributed by atoms with E-state index in [1.165, 1.54) is 12.1 Å². The van der Waals surface area contributed by atoms with Crippen LogP contribution >= 0.6 is 23.2 Å². The van der Waals surface area contributed by atoms with Gasteiger partial charge in [-0.05, 0) is 24.3 Å². The molecular weight excluding hydrogens is 317 g/mol. The molecule has 0 aliphatic heterocycles. The first-order valence-corrected chi connectivity index (χ1v) is 6.57. The number of nitro groups is 1. The number of ether oxygens (including phenoxy) is 1. The maximum absolute atomic E-state index is 11.0. The second-order valence-corrected chi connectivity index (χ2v) is 4.97. The van der Waals surface area contributed by atoms with E-state index >= 15 is 0 Å². The molecule has 0 spiro atoms. The van der Waals surface area contributed by atoms with Crippen molar-refractivity contribution in [2.75, 3.05) is 0 Å². The molecule has 2 rings (SSSR count). The van der Waals surface area contributed by atoms with E-state index in [-0.39, 0.29) is 23.6 Å². The Balaban J connectivity index is 2.21. The molecule has 0 N–H and O–H groups in total. The summed E-state index contributed by atoms with van der Waals surface area (Å²) in [5.74, 6) is 0.242. The third kappa shape index (κ3) is 3.71. The highest BCUT2D eigenvalue weighted by Gasteiger charge is 2.12. The van der Waals surface area contributed by atoms with E-state index in [9.17, 15) is 14.9 Å². The van der Waals surface area contributed by atoms with Crippen LogP contribution in [0.25, 0.3) is 0 Å². The summed E-state index contributed by atoms with van der Waals surface area (Å²) in [7, 11) is 0. The smallest absolute Gasteiger partial charge is 0.270 e. The molecule has 0 fully saturated rings. The lowest BCUT2D eigenvalue weighted by atomic mass is 10.2. The summed E-state index contributed by atoms with van der Waals surface area (Å²) < 4.78 is 5.49. The Hall–Kier alpha value is -2.11. The molecule has 0 aromatic heterocycles. The number of nitro benzene ring substituents is 1. The van der Waals surface area contributed by atoms with E-state index < -0.39 is 4.92 Å². The molecule has 0 heterocycles. The average molecular weight is 326 g/mol. The van der Waals surface area contributed by atoms with Gasteiger partial charge in [0.2, 0.25) is 0 Å². The molecule has 0 amide bonds. The summed E-state index contributed by atoms with van der Waals surface area (Å²) in [6, 6.07) is 8.73. The van der Waals surface area contributed by atoms with Gasteiger partial charge >= 0.3 is 0 Å². The number of nitrogens with zero attached hydrogens (tertiary/aromatic N) is 1. The second kappa shape index (κ2) is 6.56. The maximum Gasteiger partial charge on any atom is 0.270 e. The van der Waals surface area contributed by atoms with Gasteiger partial charge in [0.05, 0.1) is 10.5 Å². The van der Waals surface area contributed by atoms with Crippen LogP contribution in [-0.2, 0) is 6.61 Å². The number of hydrogen-bond acceptors (Lipinski definition) is 4. The quantitative estimate of drug-likeness (QED) is 0.467. The summed E-state index contributed by atoms with van der Waals surface area (Å²) in [5, 5.41) is 11.7. The van der Waals surface area contributed by atoms with Crippen molar-refractivity contribution in [1.29, 1.82) is 0 Å². The standard InChI is InChI=1S/C14H9Cl2NO4/c15-11-1-3-13(16)10(5-11)8-21-14-4-2-12(17(19)20)6-9(14)7-18/h1-7H,8H2. The molecule has 2 aromatic carbocycles. The van der Waals surface area contributed by atoms with Crippen molar-refractivity contribution < 1.29 is 14.5 Å². The van der Waals surface area contributed by atoms with Crippen LogP contribution in [0.3, 0.4) is 0 Å². The first kappa shape index (κ1) is 15.3. The SMILES string of the molecule is O=Cc1cc([N+](=O)[O-])ccc1OCc1cc(Cl)ccc1Cl. The lowest BCUT2D eigenvalue weighted by molar-refractivity contribution is -0.384. The van der Waals surface area contributed by atoms with Gasteiger partial charge in [-0.25, -0.2) is 0 Å².